The molecule has 9 heteroatoms. The monoisotopic (exact) mass is 312 g/mol. The summed E-state index contributed by atoms with van der Waals surface area (Å²) in [6.45, 7) is 0. The molecule has 1 atom stereocenters. The molecule has 0 spiro atoms. The van der Waals surface area contributed by atoms with Crippen molar-refractivity contribution in [3.05, 3.63) is 23.9 Å². The molecular formula is C12H16N4O4S. The third-order valence-electron chi connectivity index (χ3n) is 2.51. The first-order valence-electron chi connectivity index (χ1n) is 5.99. The maximum Gasteiger partial charge on any atom is 0.337 e. The summed E-state index contributed by atoms with van der Waals surface area (Å²) >= 11 is 1.53. The molecule has 1 aromatic heterocycles. The van der Waals surface area contributed by atoms with Crippen LogP contribution in [0.2, 0.25) is 0 Å². The Morgan fingerprint density at radius 3 is 2.62 bits per heavy atom. The van der Waals surface area contributed by atoms with Gasteiger partial charge in [-0.05, 0) is 30.6 Å². The third kappa shape index (κ3) is 5.69. The molecule has 0 aliphatic rings. The molecule has 1 aromatic rings. The Bertz CT molecular complexity index is 520. The first kappa shape index (κ1) is 16.8. The molecule has 0 aromatic carbocycles. The van der Waals surface area contributed by atoms with E-state index in [9.17, 15) is 14.4 Å². The van der Waals surface area contributed by atoms with Crippen LogP contribution in [0.15, 0.2) is 18.3 Å². The second kappa shape index (κ2) is 8.10. The maximum atomic E-state index is 12.0. The topological polar surface area (TPSA) is 134 Å². The number of hydrogen-bond acceptors (Lipinski definition) is 5. The number of urea groups is 1. The zero-order valence-corrected chi connectivity index (χ0v) is 12.1. The third-order valence-corrected chi connectivity index (χ3v) is 3.15. The largest absolute Gasteiger partial charge is 0.478 e. The van der Waals surface area contributed by atoms with E-state index in [-0.39, 0.29) is 11.4 Å². The Labute approximate surface area is 125 Å². The summed E-state index contributed by atoms with van der Waals surface area (Å²) in [6, 6.07) is 1.14. The fourth-order valence-electron chi connectivity index (χ4n) is 1.48. The lowest BCUT2D eigenvalue weighted by Crippen LogP contribution is -2.46. The van der Waals surface area contributed by atoms with Gasteiger partial charge in [-0.15, -0.1) is 0 Å². The number of rotatable bonds is 7. The minimum absolute atomic E-state index is 0.0159. The Balaban J connectivity index is 2.70. The van der Waals surface area contributed by atoms with Gasteiger partial charge >= 0.3 is 12.0 Å². The molecule has 0 radical (unpaired) electrons. The lowest BCUT2D eigenvalue weighted by atomic mass is 10.2. The van der Waals surface area contributed by atoms with Crippen LogP contribution in [-0.2, 0) is 4.79 Å². The number of primary amides is 1. The van der Waals surface area contributed by atoms with Crippen molar-refractivity contribution in [2.45, 2.75) is 12.5 Å². The predicted octanol–water partition coefficient (Wildman–Crippen LogP) is 0.508. The molecule has 0 aliphatic heterocycles. The summed E-state index contributed by atoms with van der Waals surface area (Å²) in [5.41, 5.74) is 5.05. The van der Waals surface area contributed by atoms with Gasteiger partial charge in [-0.25, -0.2) is 14.6 Å². The summed E-state index contributed by atoms with van der Waals surface area (Å²) in [7, 11) is 0. The maximum absolute atomic E-state index is 12.0. The molecule has 21 heavy (non-hydrogen) atoms. The number of nitrogens with zero attached hydrogens (tertiary/aromatic N) is 1. The second-order valence-corrected chi connectivity index (χ2v) is 5.05. The normalized spacial score (nSPS) is 11.5. The molecule has 5 N–H and O–H groups in total. The number of nitrogens with two attached hydrogens (primary N) is 1. The summed E-state index contributed by atoms with van der Waals surface area (Å²) in [6.07, 6.45) is 3.44. The van der Waals surface area contributed by atoms with E-state index in [4.69, 9.17) is 10.8 Å². The first-order chi connectivity index (χ1) is 9.93. The number of thioether (sulfide) groups is 1. The van der Waals surface area contributed by atoms with Gasteiger partial charge in [-0.1, -0.05) is 0 Å². The zero-order chi connectivity index (χ0) is 15.8. The van der Waals surface area contributed by atoms with Gasteiger partial charge < -0.3 is 21.5 Å². The fourth-order valence-corrected chi connectivity index (χ4v) is 1.96. The van der Waals surface area contributed by atoms with Crippen LogP contribution in [0.3, 0.4) is 0 Å². The van der Waals surface area contributed by atoms with E-state index in [1.54, 1.807) is 0 Å². The van der Waals surface area contributed by atoms with E-state index in [0.29, 0.717) is 12.2 Å². The molecule has 1 heterocycles. The Hall–Kier alpha value is -2.29. The van der Waals surface area contributed by atoms with Gasteiger partial charge in [0.2, 0.25) is 5.91 Å². The van der Waals surface area contributed by atoms with Gasteiger partial charge in [0.25, 0.3) is 0 Å². The van der Waals surface area contributed by atoms with E-state index in [1.165, 1.54) is 23.9 Å². The van der Waals surface area contributed by atoms with Crippen LogP contribution >= 0.6 is 11.8 Å². The Kier molecular flexibility index (Phi) is 6.47. The number of aromatic carboxylic acids is 1. The van der Waals surface area contributed by atoms with Crippen molar-refractivity contribution in [2.24, 2.45) is 5.73 Å². The number of carbonyl (C=O) groups excluding carboxylic acids is 2. The van der Waals surface area contributed by atoms with Gasteiger partial charge in [0.05, 0.1) is 5.56 Å². The smallest absolute Gasteiger partial charge is 0.337 e. The number of aromatic nitrogens is 1. The first-order valence-corrected chi connectivity index (χ1v) is 7.38. The van der Waals surface area contributed by atoms with Crippen molar-refractivity contribution in [3.63, 3.8) is 0 Å². The van der Waals surface area contributed by atoms with Crippen LogP contribution in [0.1, 0.15) is 16.8 Å². The van der Waals surface area contributed by atoms with Crippen LogP contribution < -0.4 is 16.4 Å². The summed E-state index contributed by atoms with van der Waals surface area (Å²) in [4.78, 5) is 37.4. The number of amides is 3. The van der Waals surface area contributed by atoms with Crippen molar-refractivity contribution in [3.8, 4) is 0 Å². The van der Waals surface area contributed by atoms with Gasteiger partial charge in [0.1, 0.15) is 11.9 Å². The Morgan fingerprint density at radius 1 is 1.43 bits per heavy atom. The molecule has 0 saturated carbocycles. The number of pyridine rings is 1. The second-order valence-electron chi connectivity index (χ2n) is 4.07. The molecule has 8 nitrogen and oxygen atoms in total. The Morgan fingerprint density at radius 2 is 2.14 bits per heavy atom. The molecule has 1 unspecified atom stereocenters. The van der Waals surface area contributed by atoms with Gasteiger partial charge in [-0.2, -0.15) is 11.8 Å². The average Bonchev–Trinajstić information content (AvgIpc) is 2.43. The van der Waals surface area contributed by atoms with Crippen molar-refractivity contribution in [2.75, 3.05) is 17.3 Å². The number of carboxylic acids is 1. The molecule has 3 amide bonds. The van der Waals surface area contributed by atoms with Crippen LogP contribution in [0.25, 0.3) is 0 Å². The summed E-state index contributed by atoms with van der Waals surface area (Å²) < 4.78 is 0. The van der Waals surface area contributed by atoms with E-state index < -0.39 is 23.9 Å². The molecule has 0 bridgehead atoms. The van der Waals surface area contributed by atoms with Crippen LogP contribution in [-0.4, -0.2) is 46.0 Å². The number of anilines is 1. The number of carboxylic acid groups (broad SMARTS) is 1. The summed E-state index contributed by atoms with van der Waals surface area (Å²) in [5, 5.41) is 13.6. The molecule has 0 saturated heterocycles. The molecule has 1 rings (SSSR count). The fraction of sp³-hybridized carbons (Fsp3) is 0.333. The predicted molar refractivity (Wildman–Crippen MR) is 79.3 cm³/mol. The molecule has 114 valence electrons. The number of hydrogen-bond donors (Lipinski definition) is 4. The van der Waals surface area contributed by atoms with Crippen molar-refractivity contribution < 1.29 is 19.5 Å². The number of carbonyl (C=O) groups is 3. The van der Waals surface area contributed by atoms with Gasteiger partial charge in [0, 0.05) is 6.20 Å². The van der Waals surface area contributed by atoms with E-state index in [0.717, 1.165) is 6.20 Å². The minimum Gasteiger partial charge on any atom is -0.478 e. The summed E-state index contributed by atoms with van der Waals surface area (Å²) in [5.74, 6) is -0.693. The highest BCUT2D eigenvalue weighted by atomic mass is 32.2. The van der Waals surface area contributed by atoms with Crippen molar-refractivity contribution in [1.82, 2.24) is 10.3 Å². The highest BCUT2D eigenvalue weighted by Gasteiger charge is 2.19. The van der Waals surface area contributed by atoms with Gasteiger partial charge in [0.15, 0.2) is 0 Å². The molecule has 0 fully saturated rings. The van der Waals surface area contributed by atoms with Crippen LogP contribution in [0, 0.1) is 0 Å². The average molecular weight is 312 g/mol. The SMILES string of the molecule is CSCCC(NC(N)=O)C(=O)Nc1ccc(C(=O)O)cn1. The zero-order valence-electron chi connectivity index (χ0n) is 11.3. The van der Waals surface area contributed by atoms with Crippen molar-refractivity contribution in [1.29, 1.82) is 0 Å². The van der Waals surface area contributed by atoms with Crippen molar-refractivity contribution >= 4 is 35.5 Å². The van der Waals surface area contributed by atoms with Crippen LogP contribution in [0.4, 0.5) is 10.6 Å². The highest BCUT2D eigenvalue weighted by molar-refractivity contribution is 7.98. The highest BCUT2D eigenvalue weighted by Crippen LogP contribution is 2.08. The number of nitrogens with one attached hydrogen (secondary N) is 2. The lowest BCUT2D eigenvalue weighted by molar-refractivity contribution is -0.118. The minimum atomic E-state index is -1.10. The molecule has 0 aliphatic carbocycles. The van der Waals surface area contributed by atoms with E-state index in [2.05, 4.69) is 15.6 Å². The van der Waals surface area contributed by atoms with E-state index in [1.807, 2.05) is 6.26 Å². The molecular weight excluding hydrogens is 296 g/mol. The van der Waals surface area contributed by atoms with Gasteiger partial charge in [-0.3, -0.25) is 4.79 Å². The quantitative estimate of drug-likeness (QED) is 0.579. The standard InChI is InChI=1S/C12H16N4O4S/c1-21-5-4-8(15-12(13)20)10(17)16-9-3-2-7(6-14-9)11(18)19/h2-3,6,8H,4-5H2,1H3,(H,18,19)(H3,13,15,20)(H,14,16,17). The lowest BCUT2D eigenvalue weighted by Gasteiger charge is -2.16. The van der Waals surface area contributed by atoms with E-state index >= 15 is 0 Å². The van der Waals surface area contributed by atoms with Crippen LogP contribution in [0.5, 0.6) is 0 Å².